The number of benzene rings is 1. The number of aliphatic carboxylic acids is 1. The predicted molar refractivity (Wildman–Crippen MR) is 86.0 cm³/mol. The number of carbonyl (C=O) groups is 2. The third-order valence-electron chi connectivity index (χ3n) is 4.63. The van der Waals surface area contributed by atoms with E-state index in [1.165, 1.54) is 0 Å². The van der Waals surface area contributed by atoms with E-state index in [4.69, 9.17) is 0 Å². The molecule has 2 aromatic rings. The van der Waals surface area contributed by atoms with Crippen molar-refractivity contribution in [3.8, 4) is 0 Å². The SMILES string of the molecule is CCc1nc2ccccc2n1CC(=O)N1C[C@@H](C)[C@H](C(=O)O)C1. The first-order chi connectivity index (χ1) is 11.0. The van der Waals surface area contributed by atoms with Gasteiger partial charge in [0.2, 0.25) is 5.91 Å². The number of imidazole rings is 1. The number of aromatic nitrogens is 2. The lowest BCUT2D eigenvalue weighted by atomic mass is 9.99. The number of rotatable bonds is 4. The van der Waals surface area contributed by atoms with Gasteiger partial charge in [-0.25, -0.2) is 4.98 Å². The highest BCUT2D eigenvalue weighted by Gasteiger charge is 2.37. The summed E-state index contributed by atoms with van der Waals surface area (Å²) in [5, 5.41) is 9.21. The highest BCUT2D eigenvalue weighted by molar-refractivity contribution is 5.82. The van der Waals surface area contributed by atoms with Crippen molar-refractivity contribution in [1.29, 1.82) is 0 Å². The van der Waals surface area contributed by atoms with E-state index in [1.54, 1.807) is 4.90 Å². The van der Waals surface area contributed by atoms with Gasteiger partial charge in [-0.2, -0.15) is 0 Å². The van der Waals surface area contributed by atoms with Crippen LogP contribution in [0.4, 0.5) is 0 Å². The molecular formula is C17H21N3O3. The Morgan fingerprint density at radius 1 is 1.30 bits per heavy atom. The zero-order valence-corrected chi connectivity index (χ0v) is 13.4. The lowest BCUT2D eigenvalue weighted by Gasteiger charge is -2.17. The number of para-hydroxylation sites is 2. The Labute approximate surface area is 134 Å². The molecule has 0 spiro atoms. The minimum Gasteiger partial charge on any atom is -0.481 e. The molecule has 1 aliphatic rings. The molecule has 1 N–H and O–H groups in total. The summed E-state index contributed by atoms with van der Waals surface area (Å²) in [6.07, 6.45) is 0.746. The number of hydrogen-bond donors (Lipinski definition) is 1. The van der Waals surface area contributed by atoms with Crippen LogP contribution >= 0.6 is 0 Å². The van der Waals surface area contributed by atoms with Gasteiger partial charge < -0.3 is 14.6 Å². The molecule has 3 rings (SSSR count). The van der Waals surface area contributed by atoms with E-state index in [0.717, 1.165) is 23.3 Å². The molecular weight excluding hydrogens is 294 g/mol. The number of carboxylic acids is 1. The van der Waals surface area contributed by atoms with E-state index in [0.29, 0.717) is 13.1 Å². The number of hydrogen-bond acceptors (Lipinski definition) is 3. The van der Waals surface area contributed by atoms with Crippen LogP contribution in [-0.2, 0) is 22.6 Å². The maximum Gasteiger partial charge on any atom is 0.308 e. The molecule has 1 aromatic carbocycles. The number of fused-ring (bicyclic) bond motifs is 1. The number of nitrogens with zero attached hydrogens (tertiary/aromatic N) is 3. The number of likely N-dealkylation sites (tertiary alicyclic amines) is 1. The van der Waals surface area contributed by atoms with Crippen LogP contribution in [0.15, 0.2) is 24.3 Å². The summed E-state index contributed by atoms with van der Waals surface area (Å²) in [5.74, 6) is -0.471. The molecule has 1 fully saturated rings. The Morgan fingerprint density at radius 3 is 2.70 bits per heavy atom. The molecule has 2 heterocycles. The summed E-state index contributed by atoms with van der Waals surface area (Å²) >= 11 is 0. The molecule has 0 unspecified atom stereocenters. The van der Waals surface area contributed by atoms with Gasteiger partial charge in [0.25, 0.3) is 0 Å². The van der Waals surface area contributed by atoms with Gasteiger partial charge in [-0.05, 0) is 18.1 Å². The first kappa shape index (κ1) is 15.5. The quantitative estimate of drug-likeness (QED) is 0.933. The zero-order valence-electron chi connectivity index (χ0n) is 13.4. The first-order valence-corrected chi connectivity index (χ1v) is 7.96. The summed E-state index contributed by atoms with van der Waals surface area (Å²) in [6.45, 7) is 4.91. The lowest BCUT2D eigenvalue weighted by Crippen LogP contribution is -2.33. The van der Waals surface area contributed by atoms with Crippen molar-refractivity contribution in [2.75, 3.05) is 13.1 Å². The number of carboxylic acid groups (broad SMARTS) is 1. The van der Waals surface area contributed by atoms with Gasteiger partial charge in [-0.1, -0.05) is 26.0 Å². The van der Waals surface area contributed by atoms with Gasteiger partial charge >= 0.3 is 5.97 Å². The first-order valence-electron chi connectivity index (χ1n) is 7.96. The van der Waals surface area contributed by atoms with Crippen LogP contribution in [0.25, 0.3) is 11.0 Å². The fourth-order valence-electron chi connectivity index (χ4n) is 3.30. The lowest BCUT2D eigenvalue weighted by molar-refractivity contribution is -0.142. The van der Waals surface area contributed by atoms with E-state index in [1.807, 2.05) is 42.7 Å². The average molecular weight is 315 g/mol. The minimum atomic E-state index is -0.824. The second-order valence-electron chi connectivity index (χ2n) is 6.18. The van der Waals surface area contributed by atoms with Crippen molar-refractivity contribution < 1.29 is 14.7 Å². The number of aryl methyl sites for hydroxylation is 1. The van der Waals surface area contributed by atoms with Crippen LogP contribution in [0.5, 0.6) is 0 Å². The third kappa shape index (κ3) is 2.81. The average Bonchev–Trinajstić information content (AvgIpc) is 3.08. The fraction of sp³-hybridized carbons (Fsp3) is 0.471. The van der Waals surface area contributed by atoms with Crippen molar-refractivity contribution >= 4 is 22.9 Å². The summed E-state index contributed by atoms with van der Waals surface area (Å²) in [4.78, 5) is 30.1. The predicted octanol–water partition coefficient (Wildman–Crippen LogP) is 1.78. The minimum absolute atomic E-state index is 0.0124. The molecule has 122 valence electrons. The topological polar surface area (TPSA) is 75.4 Å². The molecule has 2 atom stereocenters. The maximum atomic E-state index is 12.6. The smallest absolute Gasteiger partial charge is 0.308 e. The van der Waals surface area contributed by atoms with Crippen molar-refractivity contribution in [3.63, 3.8) is 0 Å². The Kier molecular flexibility index (Phi) is 4.07. The molecule has 23 heavy (non-hydrogen) atoms. The molecule has 0 aliphatic carbocycles. The summed E-state index contributed by atoms with van der Waals surface area (Å²) in [7, 11) is 0. The normalized spacial score (nSPS) is 21.0. The van der Waals surface area contributed by atoms with Gasteiger partial charge in [0.1, 0.15) is 12.4 Å². The standard InChI is InChI=1S/C17H21N3O3/c1-3-15-18-13-6-4-5-7-14(13)20(15)10-16(21)19-8-11(2)12(9-19)17(22)23/h4-7,11-12H,3,8-10H2,1-2H3,(H,22,23)/t11-,12-/m1/s1. The van der Waals surface area contributed by atoms with E-state index < -0.39 is 11.9 Å². The highest BCUT2D eigenvalue weighted by atomic mass is 16.4. The van der Waals surface area contributed by atoms with Crippen LogP contribution in [0.2, 0.25) is 0 Å². The summed E-state index contributed by atoms with van der Waals surface area (Å²) in [5.41, 5.74) is 1.83. The van der Waals surface area contributed by atoms with Gasteiger partial charge in [0, 0.05) is 19.5 Å². The Balaban J connectivity index is 1.82. The highest BCUT2D eigenvalue weighted by Crippen LogP contribution is 2.24. The van der Waals surface area contributed by atoms with Gasteiger partial charge in [-0.15, -0.1) is 0 Å². The van der Waals surface area contributed by atoms with Crippen LogP contribution in [0.1, 0.15) is 19.7 Å². The third-order valence-corrected chi connectivity index (χ3v) is 4.63. The Hall–Kier alpha value is -2.37. The zero-order chi connectivity index (χ0) is 16.6. The van der Waals surface area contributed by atoms with Crippen LogP contribution in [-0.4, -0.2) is 44.5 Å². The van der Waals surface area contributed by atoms with Crippen LogP contribution in [0, 0.1) is 11.8 Å². The molecule has 0 saturated carbocycles. The van der Waals surface area contributed by atoms with E-state index in [-0.39, 0.29) is 18.4 Å². The molecule has 1 aromatic heterocycles. The molecule has 1 amide bonds. The van der Waals surface area contributed by atoms with E-state index in [9.17, 15) is 14.7 Å². The molecule has 6 heteroatoms. The molecule has 6 nitrogen and oxygen atoms in total. The van der Waals surface area contributed by atoms with Gasteiger partial charge in [0.05, 0.1) is 17.0 Å². The van der Waals surface area contributed by atoms with Gasteiger partial charge in [-0.3, -0.25) is 9.59 Å². The molecule has 1 saturated heterocycles. The monoisotopic (exact) mass is 315 g/mol. The summed E-state index contributed by atoms with van der Waals surface area (Å²) < 4.78 is 1.94. The van der Waals surface area contributed by atoms with E-state index in [2.05, 4.69) is 4.98 Å². The molecule has 1 aliphatic heterocycles. The number of amides is 1. The molecule has 0 bridgehead atoms. The maximum absolute atomic E-state index is 12.6. The second-order valence-corrected chi connectivity index (χ2v) is 6.18. The summed E-state index contributed by atoms with van der Waals surface area (Å²) in [6, 6.07) is 7.76. The van der Waals surface area contributed by atoms with Crippen LogP contribution < -0.4 is 0 Å². The Bertz CT molecular complexity index is 753. The van der Waals surface area contributed by atoms with Crippen LogP contribution in [0.3, 0.4) is 0 Å². The second kappa shape index (κ2) is 6.02. The van der Waals surface area contributed by atoms with Crippen molar-refractivity contribution in [3.05, 3.63) is 30.1 Å². The Morgan fingerprint density at radius 2 is 2.04 bits per heavy atom. The van der Waals surface area contributed by atoms with E-state index >= 15 is 0 Å². The van der Waals surface area contributed by atoms with Gasteiger partial charge in [0.15, 0.2) is 0 Å². The fourth-order valence-corrected chi connectivity index (χ4v) is 3.30. The number of carbonyl (C=O) groups excluding carboxylic acids is 1. The van der Waals surface area contributed by atoms with Crippen molar-refractivity contribution in [2.24, 2.45) is 11.8 Å². The van der Waals surface area contributed by atoms with Crippen molar-refractivity contribution in [2.45, 2.75) is 26.8 Å². The van der Waals surface area contributed by atoms with Crippen molar-refractivity contribution in [1.82, 2.24) is 14.5 Å². The largest absolute Gasteiger partial charge is 0.481 e. The molecule has 0 radical (unpaired) electrons.